The summed E-state index contributed by atoms with van der Waals surface area (Å²) >= 11 is 5.49. The van der Waals surface area contributed by atoms with Crippen molar-refractivity contribution in [1.82, 2.24) is 4.90 Å². The summed E-state index contributed by atoms with van der Waals surface area (Å²) < 4.78 is 26.2. The topological polar surface area (TPSA) is 20.3 Å². The van der Waals surface area contributed by atoms with Gasteiger partial charge in [-0.25, -0.2) is 8.78 Å². The number of hydrogen-bond donors (Lipinski definition) is 0. The number of carbonyl (C=O) groups excluding carboxylic acids is 1. The van der Waals surface area contributed by atoms with Crippen LogP contribution < -0.4 is 0 Å². The number of hydrogen-bond acceptors (Lipinski definition) is 1. The van der Waals surface area contributed by atoms with Gasteiger partial charge in [-0.3, -0.25) is 4.79 Å². The van der Waals surface area contributed by atoms with Gasteiger partial charge in [0.15, 0.2) is 0 Å². The number of halogens is 3. The van der Waals surface area contributed by atoms with Crippen molar-refractivity contribution < 1.29 is 13.6 Å². The summed E-state index contributed by atoms with van der Waals surface area (Å²) in [6.07, 6.45) is 1.43. The van der Waals surface area contributed by atoms with Crippen molar-refractivity contribution in [3.8, 4) is 0 Å². The summed E-state index contributed by atoms with van der Waals surface area (Å²) in [5, 5.41) is 0. The highest BCUT2D eigenvalue weighted by Crippen LogP contribution is 2.29. The standard InChI is InChI=1S/C13H14ClF2NO/c14-8-13(18)17-3-1-9(2-4-17)10-5-11(15)7-12(16)6-10/h5-7,9H,1-4,8H2. The Morgan fingerprint density at radius 3 is 2.28 bits per heavy atom. The number of likely N-dealkylation sites (tertiary alicyclic amines) is 1. The van der Waals surface area contributed by atoms with Gasteiger partial charge in [-0.2, -0.15) is 0 Å². The molecular formula is C13H14ClF2NO. The first-order valence-electron chi connectivity index (χ1n) is 5.90. The second kappa shape index (κ2) is 5.65. The van der Waals surface area contributed by atoms with E-state index < -0.39 is 11.6 Å². The number of amides is 1. The van der Waals surface area contributed by atoms with Crippen molar-refractivity contribution in [2.45, 2.75) is 18.8 Å². The first kappa shape index (κ1) is 13.3. The van der Waals surface area contributed by atoms with E-state index in [-0.39, 0.29) is 17.7 Å². The van der Waals surface area contributed by atoms with Gasteiger partial charge in [0.25, 0.3) is 0 Å². The summed E-state index contributed by atoms with van der Waals surface area (Å²) in [4.78, 5) is 13.1. The minimum atomic E-state index is -0.552. The van der Waals surface area contributed by atoms with Crippen molar-refractivity contribution in [3.05, 3.63) is 35.4 Å². The molecule has 0 radical (unpaired) electrons. The summed E-state index contributed by atoms with van der Waals surface area (Å²) in [5.41, 5.74) is 0.672. The van der Waals surface area contributed by atoms with Gasteiger partial charge in [-0.15, -0.1) is 11.6 Å². The van der Waals surface area contributed by atoms with Gasteiger partial charge < -0.3 is 4.90 Å². The molecule has 0 saturated carbocycles. The first-order chi connectivity index (χ1) is 8.60. The van der Waals surface area contributed by atoms with Gasteiger partial charge in [0, 0.05) is 19.2 Å². The molecule has 98 valence electrons. The Morgan fingerprint density at radius 1 is 1.22 bits per heavy atom. The van der Waals surface area contributed by atoms with Crippen LogP contribution in [-0.4, -0.2) is 29.8 Å². The predicted molar refractivity (Wildman–Crippen MR) is 65.6 cm³/mol. The van der Waals surface area contributed by atoms with Gasteiger partial charge in [0.1, 0.15) is 17.5 Å². The molecular weight excluding hydrogens is 260 g/mol. The Bertz CT molecular complexity index is 424. The average Bonchev–Trinajstić information content (AvgIpc) is 2.37. The molecule has 0 aliphatic carbocycles. The van der Waals surface area contributed by atoms with Crippen LogP contribution in [-0.2, 0) is 4.79 Å². The Morgan fingerprint density at radius 2 is 1.78 bits per heavy atom. The summed E-state index contributed by atoms with van der Waals surface area (Å²) in [6.45, 7) is 1.18. The van der Waals surface area contributed by atoms with E-state index in [2.05, 4.69) is 0 Å². The Kier molecular flexibility index (Phi) is 4.17. The molecule has 0 spiro atoms. The molecule has 0 atom stereocenters. The number of benzene rings is 1. The first-order valence-corrected chi connectivity index (χ1v) is 6.43. The zero-order chi connectivity index (χ0) is 13.1. The SMILES string of the molecule is O=C(CCl)N1CCC(c2cc(F)cc(F)c2)CC1. The maximum absolute atomic E-state index is 13.1. The van der Waals surface area contributed by atoms with Gasteiger partial charge in [-0.05, 0) is 36.5 Å². The molecule has 1 aliphatic heterocycles. The molecule has 0 bridgehead atoms. The van der Waals surface area contributed by atoms with Gasteiger partial charge in [0.2, 0.25) is 5.91 Å². The highest BCUT2D eigenvalue weighted by Gasteiger charge is 2.23. The molecule has 0 N–H and O–H groups in total. The van der Waals surface area contributed by atoms with Gasteiger partial charge in [0.05, 0.1) is 0 Å². The van der Waals surface area contributed by atoms with Crippen molar-refractivity contribution in [1.29, 1.82) is 0 Å². The lowest BCUT2D eigenvalue weighted by molar-refractivity contribution is -0.129. The van der Waals surface area contributed by atoms with E-state index in [0.29, 0.717) is 31.5 Å². The van der Waals surface area contributed by atoms with Gasteiger partial charge in [-0.1, -0.05) is 0 Å². The predicted octanol–water partition coefficient (Wildman–Crippen LogP) is 2.91. The molecule has 2 nitrogen and oxygen atoms in total. The molecule has 18 heavy (non-hydrogen) atoms. The maximum Gasteiger partial charge on any atom is 0.237 e. The van der Waals surface area contributed by atoms with E-state index in [0.717, 1.165) is 6.07 Å². The molecule has 1 saturated heterocycles. The third-order valence-electron chi connectivity index (χ3n) is 3.32. The number of rotatable bonds is 2. The highest BCUT2D eigenvalue weighted by molar-refractivity contribution is 6.27. The number of alkyl halides is 1. The van der Waals surface area contributed by atoms with E-state index in [9.17, 15) is 13.6 Å². The third-order valence-corrected chi connectivity index (χ3v) is 3.55. The van der Waals surface area contributed by atoms with E-state index in [4.69, 9.17) is 11.6 Å². The van der Waals surface area contributed by atoms with Crippen LogP contribution in [0.5, 0.6) is 0 Å². The quantitative estimate of drug-likeness (QED) is 0.759. The Labute approximate surface area is 110 Å². The number of piperidine rings is 1. The molecule has 5 heteroatoms. The van der Waals surface area contributed by atoms with Crippen LogP contribution in [0.2, 0.25) is 0 Å². The molecule has 0 unspecified atom stereocenters. The van der Waals surface area contributed by atoms with Crippen LogP contribution in [0.3, 0.4) is 0 Å². The summed E-state index contributed by atoms with van der Waals surface area (Å²) in [5.74, 6) is -1.09. The minimum absolute atomic E-state index is 0.0146. The Hall–Kier alpha value is -1.16. The molecule has 1 amide bonds. The van der Waals surface area contributed by atoms with Gasteiger partial charge >= 0.3 is 0 Å². The number of nitrogens with zero attached hydrogens (tertiary/aromatic N) is 1. The van der Waals surface area contributed by atoms with Crippen LogP contribution >= 0.6 is 11.6 Å². The van der Waals surface area contributed by atoms with Crippen LogP contribution in [0.1, 0.15) is 24.3 Å². The van der Waals surface area contributed by atoms with E-state index in [1.54, 1.807) is 4.90 Å². The zero-order valence-corrected chi connectivity index (χ0v) is 10.6. The lowest BCUT2D eigenvalue weighted by Crippen LogP contribution is -2.38. The zero-order valence-electron chi connectivity index (χ0n) is 9.83. The fraction of sp³-hybridized carbons (Fsp3) is 0.462. The number of carbonyl (C=O) groups is 1. The molecule has 1 fully saturated rings. The molecule has 0 aromatic heterocycles. The molecule has 1 aromatic carbocycles. The second-order valence-corrected chi connectivity index (χ2v) is 4.76. The van der Waals surface area contributed by atoms with Crippen molar-refractivity contribution in [2.75, 3.05) is 19.0 Å². The van der Waals surface area contributed by atoms with Crippen molar-refractivity contribution >= 4 is 17.5 Å². The van der Waals surface area contributed by atoms with E-state index in [1.165, 1.54) is 12.1 Å². The third kappa shape index (κ3) is 2.99. The van der Waals surface area contributed by atoms with Crippen LogP contribution in [0.4, 0.5) is 8.78 Å². The maximum atomic E-state index is 13.1. The Balaban J connectivity index is 2.03. The van der Waals surface area contributed by atoms with E-state index in [1.807, 2.05) is 0 Å². The van der Waals surface area contributed by atoms with Crippen LogP contribution in [0.15, 0.2) is 18.2 Å². The fourth-order valence-corrected chi connectivity index (χ4v) is 2.53. The normalized spacial score (nSPS) is 16.9. The molecule has 2 rings (SSSR count). The average molecular weight is 274 g/mol. The summed E-state index contributed by atoms with van der Waals surface area (Å²) in [6, 6.07) is 3.61. The monoisotopic (exact) mass is 273 g/mol. The second-order valence-electron chi connectivity index (χ2n) is 4.49. The lowest BCUT2D eigenvalue weighted by atomic mass is 9.89. The molecule has 1 heterocycles. The van der Waals surface area contributed by atoms with Crippen LogP contribution in [0.25, 0.3) is 0 Å². The molecule has 1 aromatic rings. The van der Waals surface area contributed by atoms with Crippen molar-refractivity contribution in [2.24, 2.45) is 0 Å². The largest absolute Gasteiger partial charge is 0.342 e. The minimum Gasteiger partial charge on any atom is -0.342 e. The van der Waals surface area contributed by atoms with Crippen molar-refractivity contribution in [3.63, 3.8) is 0 Å². The molecule has 1 aliphatic rings. The fourth-order valence-electron chi connectivity index (χ4n) is 2.36. The van der Waals surface area contributed by atoms with Crippen LogP contribution in [0, 0.1) is 11.6 Å². The van der Waals surface area contributed by atoms with E-state index >= 15 is 0 Å². The lowest BCUT2D eigenvalue weighted by Gasteiger charge is -2.31. The highest BCUT2D eigenvalue weighted by atomic mass is 35.5. The summed E-state index contributed by atoms with van der Waals surface area (Å²) in [7, 11) is 0. The smallest absolute Gasteiger partial charge is 0.237 e.